The average Bonchev–Trinajstić information content (AvgIpc) is 2.63. The fourth-order valence-corrected chi connectivity index (χ4v) is 2.64. The van der Waals surface area contributed by atoms with Gasteiger partial charge in [-0.3, -0.25) is 4.68 Å². The quantitative estimate of drug-likeness (QED) is 0.824. The average molecular weight is 330 g/mol. The summed E-state index contributed by atoms with van der Waals surface area (Å²) in [5.74, 6) is 1.30. The number of halogens is 1. The maximum atomic E-state index is 4.57. The SMILES string of the molecule is CCn1nc(C)c(Br)c1CC(C)C(C)CNC(C)C. The Labute approximate surface area is 126 Å². The fraction of sp³-hybridized carbons (Fsp3) is 0.800. The predicted octanol–water partition coefficient (Wildman–Crippen LogP) is 3.79. The molecule has 0 aromatic carbocycles. The second-order valence-electron chi connectivity index (χ2n) is 5.88. The van der Waals surface area contributed by atoms with Gasteiger partial charge >= 0.3 is 0 Å². The number of aryl methyl sites for hydroxylation is 2. The molecule has 1 aromatic heterocycles. The molecule has 0 amide bonds. The maximum Gasteiger partial charge on any atom is 0.0738 e. The molecule has 0 radical (unpaired) electrons. The molecule has 1 heterocycles. The van der Waals surface area contributed by atoms with Crippen molar-refractivity contribution >= 4 is 15.9 Å². The largest absolute Gasteiger partial charge is 0.314 e. The normalized spacial score (nSPS) is 14.9. The smallest absolute Gasteiger partial charge is 0.0738 e. The van der Waals surface area contributed by atoms with Gasteiger partial charge in [0, 0.05) is 12.6 Å². The molecule has 0 aliphatic rings. The summed E-state index contributed by atoms with van der Waals surface area (Å²) in [5, 5.41) is 8.10. The van der Waals surface area contributed by atoms with Gasteiger partial charge in [-0.25, -0.2) is 0 Å². The molecule has 1 aromatic rings. The van der Waals surface area contributed by atoms with E-state index in [0.717, 1.165) is 25.2 Å². The summed E-state index contributed by atoms with van der Waals surface area (Å²) in [6.07, 6.45) is 1.08. The van der Waals surface area contributed by atoms with Crippen LogP contribution in [0.15, 0.2) is 4.47 Å². The zero-order valence-corrected chi connectivity index (χ0v) is 14.7. The van der Waals surface area contributed by atoms with Gasteiger partial charge in [-0.1, -0.05) is 27.7 Å². The zero-order valence-electron chi connectivity index (χ0n) is 13.1. The Morgan fingerprint density at radius 3 is 2.37 bits per heavy atom. The highest BCUT2D eigenvalue weighted by molar-refractivity contribution is 9.10. The molecule has 0 spiro atoms. The van der Waals surface area contributed by atoms with Crippen molar-refractivity contribution in [2.24, 2.45) is 11.8 Å². The van der Waals surface area contributed by atoms with Crippen LogP contribution in [0.1, 0.15) is 46.0 Å². The number of nitrogens with zero attached hydrogens (tertiary/aromatic N) is 2. The highest BCUT2D eigenvalue weighted by Gasteiger charge is 2.19. The highest BCUT2D eigenvalue weighted by Crippen LogP contribution is 2.26. The van der Waals surface area contributed by atoms with Gasteiger partial charge in [0.05, 0.1) is 15.9 Å². The molecule has 3 nitrogen and oxygen atoms in total. The minimum Gasteiger partial charge on any atom is -0.314 e. The third-order valence-electron chi connectivity index (χ3n) is 3.79. The summed E-state index contributed by atoms with van der Waals surface area (Å²) >= 11 is 3.68. The van der Waals surface area contributed by atoms with E-state index in [-0.39, 0.29) is 0 Å². The van der Waals surface area contributed by atoms with Crippen molar-refractivity contribution in [3.63, 3.8) is 0 Å². The van der Waals surface area contributed by atoms with Crippen LogP contribution >= 0.6 is 15.9 Å². The summed E-state index contributed by atoms with van der Waals surface area (Å²) in [5.41, 5.74) is 2.43. The Morgan fingerprint density at radius 2 is 1.84 bits per heavy atom. The summed E-state index contributed by atoms with van der Waals surface area (Å²) in [6.45, 7) is 15.3. The lowest BCUT2D eigenvalue weighted by Gasteiger charge is -2.22. The highest BCUT2D eigenvalue weighted by atomic mass is 79.9. The molecule has 19 heavy (non-hydrogen) atoms. The van der Waals surface area contributed by atoms with Crippen molar-refractivity contribution < 1.29 is 0 Å². The molecule has 2 atom stereocenters. The molecule has 0 aliphatic carbocycles. The topological polar surface area (TPSA) is 29.9 Å². The number of rotatable bonds is 7. The minimum absolute atomic E-state index is 0.560. The second-order valence-corrected chi connectivity index (χ2v) is 6.68. The van der Waals surface area contributed by atoms with Gasteiger partial charge in [0.1, 0.15) is 0 Å². The molecular weight excluding hydrogens is 302 g/mol. The molecular formula is C15H28BrN3. The van der Waals surface area contributed by atoms with Crippen LogP contribution in [0.4, 0.5) is 0 Å². The van der Waals surface area contributed by atoms with Crippen molar-refractivity contribution in [1.29, 1.82) is 0 Å². The molecule has 1 N–H and O–H groups in total. The number of hydrogen-bond donors (Lipinski definition) is 1. The number of nitrogens with one attached hydrogen (secondary N) is 1. The monoisotopic (exact) mass is 329 g/mol. The summed E-state index contributed by atoms with van der Waals surface area (Å²) < 4.78 is 3.31. The summed E-state index contributed by atoms with van der Waals surface area (Å²) in [7, 11) is 0. The molecule has 0 saturated heterocycles. The van der Waals surface area contributed by atoms with Gasteiger partial charge in [-0.05, 0) is 54.6 Å². The van der Waals surface area contributed by atoms with Crippen molar-refractivity contribution in [2.75, 3.05) is 6.54 Å². The van der Waals surface area contributed by atoms with Crippen LogP contribution in [-0.2, 0) is 13.0 Å². The summed E-state index contributed by atoms with van der Waals surface area (Å²) in [4.78, 5) is 0. The van der Waals surface area contributed by atoms with E-state index in [1.165, 1.54) is 10.2 Å². The second kappa shape index (κ2) is 7.44. The van der Waals surface area contributed by atoms with Gasteiger partial charge < -0.3 is 5.32 Å². The Bertz CT molecular complexity index is 398. The van der Waals surface area contributed by atoms with Crippen LogP contribution in [0.5, 0.6) is 0 Å². The zero-order chi connectivity index (χ0) is 14.6. The minimum atomic E-state index is 0.560. The summed E-state index contributed by atoms with van der Waals surface area (Å²) in [6, 6.07) is 0.560. The fourth-order valence-electron chi connectivity index (χ4n) is 2.19. The predicted molar refractivity (Wildman–Crippen MR) is 85.5 cm³/mol. The van der Waals surface area contributed by atoms with E-state index in [9.17, 15) is 0 Å². The van der Waals surface area contributed by atoms with Gasteiger partial charge in [-0.2, -0.15) is 5.10 Å². The third kappa shape index (κ3) is 4.60. The van der Waals surface area contributed by atoms with E-state index in [0.29, 0.717) is 17.9 Å². The molecule has 0 bridgehead atoms. The maximum absolute atomic E-state index is 4.57. The van der Waals surface area contributed by atoms with Gasteiger partial charge in [0.25, 0.3) is 0 Å². The Morgan fingerprint density at radius 1 is 1.21 bits per heavy atom. The molecule has 110 valence electrons. The van der Waals surface area contributed by atoms with E-state index in [1.54, 1.807) is 0 Å². The molecule has 2 unspecified atom stereocenters. The van der Waals surface area contributed by atoms with E-state index in [4.69, 9.17) is 0 Å². The van der Waals surface area contributed by atoms with Crippen molar-refractivity contribution in [2.45, 2.75) is 60.5 Å². The van der Waals surface area contributed by atoms with Crippen LogP contribution in [0.2, 0.25) is 0 Å². The molecule has 0 aliphatic heterocycles. The van der Waals surface area contributed by atoms with Crippen LogP contribution in [0.25, 0.3) is 0 Å². The molecule has 0 fully saturated rings. The molecule has 4 heteroatoms. The van der Waals surface area contributed by atoms with E-state index < -0.39 is 0 Å². The first kappa shape index (κ1) is 16.7. The van der Waals surface area contributed by atoms with Crippen molar-refractivity contribution in [1.82, 2.24) is 15.1 Å². The number of aromatic nitrogens is 2. The van der Waals surface area contributed by atoms with Gasteiger partial charge in [-0.15, -0.1) is 0 Å². The first-order chi connectivity index (χ1) is 8.86. The van der Waals surface area contributed by atoms with Gasteiger partial charge in [0.2, 0.25) is 0 Å². The Kier molecular flexibility index (Phi) is 6.54. The van der Waals surface area contributed by atoms with E-state index >= 15 is 0 Å². The lowest BCUT2D eigenvalue weighted by molar-refractivity contribution is 0.347. The van der Waals surface area contributed by atoms with Crippen molar-refractivity contribution in [3.05, 3.63) is 15.9 Å². The third-order valence-corrected chi connectivity index (χ3v) is 4.82. The standard InChI is InChI=1S/C15H28BrN3/c1-7-19-14(15(16)13(6)18-19)8-11(4)12(5)9-17-10(2)3/h10-12,17H,7-9H2,1-6H3. The van der Waals surface area contributed by atoms with Crippen molar-refractivity contribution in [3.8, 4) is 0 Å². The molecule has 1 rings (SSSR count). The Hall–Kier alpha value is -0.350. The van der Waals surface area contributed by atoms with E-state index in [1.807, 2.05) is 0 Å². The Balaban J connectivity index is 2.68. The number of hydrogen-bond acceptors (Lipinski definition) is 2. The van der Waals surface area contributed by atoms with E-state index in [2.05, 4.69) is 72.6 Å². The lowest BCUT2D eigenvalue weighted by atomic mass is 9.91. The first-order valence-electron chi connectivity index (χ1n) is 7.31. The first-order valence-corrected chi connectivity index (χ1v) is 8.11. The van der Waals surface area contributed by atoms with Crippen LogP contribution < -0.4 is 5.32 Å². The molecule has 0 saturated carbocycles. The van der Waals surface area contributed by atoms with Crippen LogP contribution in [0, 0.1) is 18.8 Å². The van der Waals surface area contributed by atoms with Crippen LogP contribution in [0.3, 0.4) is 0 Å². The van der Waals surface area contributed by atoms with Gasteiger partial charge in [0.15, 0.2) is 0 Å². The lowest BCUT2D eigenvalue weighted by Crippen LogP contribution is -2.31. The van der Waals surface area contributed by atoms with Crippen LogP contribution in [-0.4, -0.2) is 22.4 Å².